The Kier molecular flexibility index (Phi) is 5.20. The van der Waals surface area contributed by atoms with Gasteiger partial charge < -0.3 is 9.72 Å². The van der Waals surface area contributed by atoms with Crippen LogP contribution in [0, 0.1) is 12.8 Å². The van der Waals surface area contributed by atoms with Crippen LogP contribution in [0.1, 0.15) is 37.0 Å². The summed E-state index contributed by atoms with van der Waals surface area (Å²) in [6.07, 6.45) is 0. The number of nitrogens with one attached hydrogen (secondary N) is 1. The molecule has 0 bridgehead atoms. The summed E-state index contributed by atoms with van der Waals surface area (Å²) in [5.74, 6) is 0.433. The first-order valence-corrected chi connectivity index (χ1v) is 8.40. The van der Waals surface area contributed by atoms with Crippen LogP contribution in [-0.2, 0) is 6.67 Å². The molecule has 2 aromatic heterocycles. The van der Waals surface area contributed by atoms with Gasteiger partial charge in [0, 0.05) is 0 Å². The van der Waals surface area contributed by atoms with Gasteiger partial charge in [0.1, 0.15) is 29.3 Å². The summed E-state index contributed by atoms with van der Waals surface area (Å²) in [6.45, 7) is 1.71. The maximum absolute atomic E-state index is 13.4. The van der Waals surface area contributed by atoms with Crippen molar-refractivity contribution in [2.24, 2.45) is 5.92 Å². The van der Waals surface area contributed by atoms with E-state index in [1.807, 2.05) is 13.8 Å². The molecule has 0 aliphatic rings. The summed E-state index contributed by atoms with van der Waals surface area (Å²) in [7, 11) is 0. The molecule has 0 saturated heterocycles. The third-order valence-corrected chi connectivity index (χ3v) is 4.22. The largest absolute Gasteiger partial charge is 0.435 e. The van der Waals surface area contributed by atoms with Crippen LogP contribution in [0.3, 0.4) is 0 Å². The lowest BCUT2D eigenvalue weighted by Gasteiger charge is -2.23. The second kappa shape index (κ2) is 7.42. The van der Waals surface area contributed by atoms with Crippen molar-refractivity contribution in [3.63, 3.8) is 0 Å². The molecule has 144 valence electrons. The number of hydrogen-bond donors (Lipinski definition) is 1. The van der Waals surface area contributed by atoms with Crippen LogP contribution in [0.25, 0.3) is 11.0 Å². The van der Waals surface area contributed by atoms with Crippen molar-refractivity contribution in [2.75, 3.05) is 0 Å². The lowest BCUT2D eigenvalue weighted by molar-refractivity contribution is -0.0498. The van der Waals surface area contributed by atoms with Crippen molar-refractivity contribution in [1.29, 1.82) is 0 Å². The van der Waals surface area contributed by atoms with Crippen LogP contribution in [0.5, 0.6) is 5.75 Å². The molecule has 0 aliphatic heterocycles. The summed E-state index contributed by atoms with van der Waals surface area (Å²) >= 11 is 0. The highest BCUT2D eigenvalue weighted by Gasteiger charge is 2.25. The van der Waals surface area contributed by atoms with E-state index in [0.717, 1.165) is 5.56 Å². The first-order chi connectivity index (χ1) is 12.8. The Morgan fingerprint density at radius 2 is 1.89 bits per heavy atom. The third kappa shape index (κ3) is 3.67. The van der Waals surface area contributed by atoms with Crippen molar-refractivity contribution in [3.05, 3.63) is 51.7 Å². The van der Waals surface area contributed by atoms with Crippen molar-refractivity contribution in [3.8, 4) is 5.75 Å². The van der Waals surface area contributed by atoms with Crippen molar-refractivity contribution in [2.45, 2.75) is 40.1 Å². The number of halogens is 3. The molecule has 27 heavy (non-hydrogen) atoms. The van der Waals surface area contributed by atoms with E-state index in [9.17, 15) is 18.0 Å². The zero-order valence-electron chi connectivity index (χ0n) is 15.0. The van der Waals surface area contributed by atoms with Gasteiger partial charge in [0.15, 0.2) is 5.65 Å². The van der Waals surface area contributed by atoms with Crippen LogP contribution in [0.15, 0.2) is 29.1 Å². The van der Waals surface area contributed by atoms with Crippen LogP contribution in [0.2, 0.25) is 0 Å². The highest BCUT2D eigenvalue weighted by molar-refractivity contribution is 5.77. The average Bonchev–Trinajstić information content (AvgIpc) is 2.94. The number of ether oxygens (including phenoxy) is 1. The number of aromatic nitrogens is 4. The molecular weight excluding hydrogens is 361 g/mol. The molecule has 0 spiro atoms. The number of rotatable bonds is 6. The second-order valence-corrected chi connectivity index (χ2v) is 6.51. The van der Waals surface area contributed by atoms with Gasteiger partial charge >= 0.3 is 6.61 Å². The first-order valence-electron chi connectivity index (χ1n) is 8.40. The molecule has 0 aliphatic carbocycles. The van der Waals surface area contributed by atoms with Crippen LogP contribution in [-0.4, -0.2) is 26.4 Å². The van der Waals surface area contributed by atoms with Gasteiger partial charge in [-0.15, -0.1) is 0 Å². The molecule has 0 amide bonds. The highest BCUT2D eigenvalue weighted by atomic mass is 19.3. The quantitative estimate of drug-likeness (QED) is 0.707. The number of alkyl halides is 3. The minimum Gasteiger partial charge on any atom is -0.435 e. The van der Waals surface area contributed by atoms with Gasteiger partial charge in [-0.05, 0) is 30.5 Å². The molecule has 9 heteroatoms. The van der Waals surface area contributed by atoms with Gasteiger partial charge in [-0.2, -0.15) is 13.9 Å². The smallest absolute Gasteiger partial charge is 0.387 e. The van der Waals surface area contributed by atoms with Gasteiger partial charge in [0.05, 0.1) is 6.04 Å². The molecule has 3 rings (SSSR count). The number of aromatic amines is 1. The van der Waals surface area contributed by atoms with Crippen LogP contribution in [0.4, 0.5) is 13.2 Å². The monoisotopic (exact) mass is 380 g/mol. The number of H-pyrrole nitrogens is 1. The molecule has 3 aromatic rings. The molecule has 1 unspecified atom stereocenters. The minimum atomic E-state index is -2.90. The fourth-order valence-electron chi connectivity index (χ4n) is 3.17. The van der Waals surface area contributed by atoms with E-state index in [-0.39, 0.29) is 34.4 Å². The molecule has 1 N–H and O–H groups in total. The number of aryl methyl sites for hydroxylation is 1. The first kappa shape index (κ1) is 18.9. The Labute approximate surface area is 153 Å². The average molecular weight is 380 g/mol. The Balaban J connectivity index is 2.15. The van der Waals surface area contributed by atoms with E-state index in [1.165, 1.54) is 16.8 Å². The number of hydrogen-bond acceptors (Lipinski definition) is 4. The zero-order valence-corrected chi connectivity index (χ0v) is 15.0. The Morgan fingerprint density at radius 3 is 2.44 bits per heavy atom. The summed E-state index contributed by atoms with van der Waals surface area (Å²) in [4.78, 5) is 19.2. The molecule has 0 fully saturated rings. The summed E-state index contributed by atoms with van der Waals surface area (Å²) in [5.41, 5.74) is 0.610. The Hall–Kier alpha value is -2.84. The van der Waals surface area contributed by atoms with E-state index in [1.54, 1.807) is 19.1 Å². The third-order valence-electron chi connectivity index (χ3n) is 4.22. The maximum Gasteiger partial charge on any atom is 0.387 e. The highest BCUT2D eigenvalue weighted by Crippen LogP contribution is 2.31. The van der Waals surface area contributed by atoms with Crippen molar-refractivity contribution >= 4 is 11.0 Å². The summed E-state index contributed by atoms with van der Waals surface area (Å²) in [5, 5.41) is 4.40. The standard InChI is InChI=1S/C18H19F3N4O2/c1-9(2)15(11-4-6-12(7-5-11)27-18(20)21)25-16-14(13(8-19)24-25)17(26)23-10(3)22-16/h4-7,9,15,18H,8H2,1-3H3,(H,22,23,26). The Bertz CT molecular complexity index is 996. The summed E-state index contributed by atoms with van der Waals surface area (Å²) in [6, 6.07) is 5.78. The zero-order chi connectivity index (χ0) is 19.7. The normalized spacial score (nSPS) is 12.9. The van der Waals surface area contributed by atoms with Gasteiger partial charge in [-0.1, -0.05) is 26.0 Å². The fraction of sp³-hybridized carbons (Fsp3) is 0.389. The van der Waals surface area contributed by atoms with E-state index in [4.69, 9.17) is 0 Å². The molecule has 1 aromatic carbocycles. The van der Waals surface area contributed by atoms with E-state index in [2.05, 4.69) is 19.8 Å². The van der Waals surface area contributed by atoms with E-state index in [0.29, 0.717) is 5.82 Å². The molecule has 1 atom stereocenters. The van der Waals surface area contributed by atoms with Gasteiger partial charge in [0.25, 0.3) is 5.56 Å². The SMILES string of the molecule is Cc1nc2c(c(CF)nn2C(c2ccc(OC(F)F)cc2)C(C)C)c(=O)[nH]1. The second-order valence-electron chi connectivity index (χ2n) is 6.51. The molecule has 6 nitrogen and oxygen atoms in total. The van der Waals surface area contributed by atoms with E-state index >= 15 is 0 Å². The van der Waals surface area contributed by atoms with Crippen LogP contribution < -0.4 is 10.3 Å². The van der Waals surface area contributed by atoms with E-state index < -0.39 is 18.8 Å². The Morgan fingerprint density at radius 1 is 1.22 bits per heavy atom. The lowest BCUT2D eigenvalue weighted by atomic mass is 9.96. The maximum atomic E-state index is 13.4. The molecule has 2 heterocycles. The predicted octanol–water partition coefficient (Wildman–Crippen LogP) is 3.74. The van der Waals surface area contributed by atoms with Gasteiger partial charge in [-0.25, -0.2) is 14.1 Å². The van der Waals surface area contributed by atoms with Gasteiger partial charge in [0.2, 0.25) is 0 Å². The minimum absolute atomic E-state index is 0.00354. The molecule has 0 saturated carbocycles. The predicted molar refractivity (Wildman–Crippen MR) is 93.7 cm³/mol. The topological polar surface area (TPSA) is 72.8 Å². The molecule has 0 radical (unpaired) electrons. The van der Waals surface area contributed by atoms with Gasteiger partial charge in [-0.3, -0.25) is 4.79 Å². The fourth-order valence-corrected chi connectivity index (χ4v) is 3.17. The molecular formula is C18H19F3N4O2. The van der Waals surface area contributed by atoms with Crippen molar-refractivity contribution in [1.82, 2.24) is 19.7 Å². The number of benzene rings is 1. The lowest BCUT2D eigenvalue weighted by Crippen LogP contribution is -2.19. The van der Waals surface area contributed by atoms with Crippen molar-refractivity contribution < 1.29 is 17.9 Å². The summed E-state index contributed by atoms with van der Waals surface area (Å²) < 4.78 is 44.1. The number of fused-ring (bicyclic) bond motifs is 1. The number of nitrogens with zero attached hydrogens (tertiary/aromatic N) is 3. The van der Waals surface area contributed by atoms with Crippen LogP contribution >= 0.6 is 0 Å².